The molecule has 0 heterocycles. The molecular weight excluding hydrogens is 320 g/mol. The Morgan fingerprint density at radius 2 is 2.04 bits per heavy atom. The van der Waals surface area contributed by atoms with E-state index in [-0.39, 0.29) is 6.61 Å². The molecule has 0 unspecified atom stereocenters. The zero-order valence-corrected chi connectivity index (χ0v) is 14.0. The number of terminal acetylenes is 1. The highest BCUT2D eigenvalue weighted by molar-refractivity contribution is 5.97. The normalized spacial score (nSPS) is 10.1. The van der Waals surface area contributed by atoms with Gasteiger partial charge >= 0.3 is 0 Å². The highest BCUT2D eigenvalue weighted by Crippen LogP contribution is 2.24. The Hall–Kier alpha value is -3.46. The zero-order chi connectivity index (χ0) is 18.1. The van der Waals surface area contributed by atoms with Crippen LogP contribution in [0.1, 0.15) is 15.9 Å². The van der Waals surface area contributed by atoms with Gasteiger partial charge in [-0.3, -0.25) is 4.79 Å². The van der Waals surface area contributed by atoms with Gasteiger partial charge in [0.1, 0.15) is 23.9 Å². The number of hydrogen-bond donors (Lipinski definition) is 1. The fourth-order valence-corrected chi connectivity index (χ4v) is 2.02. The largest absolute Gasteiger partial charge is 0.497 e. The summed E-state index contributed by atoms with van der Waals surface area (Å²) < 4.78 is 15.6. The van der Waals surface area contributed by atoms with Crippen LogP contribution in [0.3, 0.4) is 0 Å². The average Bonchev–Trinajstić information content (AvgIpc) is 2.66. The van der Waals surface area contributed by atoms with E-state index < -0.39 is 5.91 Å². The van der Waals surface area contributed by atoms with Crippen molar-refractivity contribution < 1.29 is 19.0 Å². The summed E-state index contributed by atoms with van der Waals surface area (Å²) in [6.07, 6.45) is 6.67. The number of benzene rings is 2. The molecule has 0 spiro atoms. The van der Waals surface area contributed by atoms with E-state index in [1.165, 1.54) is 13.3 Å². The van der Waals surface area contributed by atoms with Gasteiger partial charge < -0.3 is 14.2 Å². The lowest BCUT2D eigenvalue weighted by Crippen LogP contribution is -2.18. The topological polar surface area (TPSA) is 69.2 Å². The molecule has 2 rings (SSSR count). The molecule has 25 heavy (non-hydrogen) atoms. The van der Waals surface area contributed by atoms with E-state index in [2.05, 4.69) is 16.4 Å². The Balaban J connectivity index is 2.05. The quantitative estimate of drug-likeness (QED) is 0.478. The number of hydrazone groups is 1. The standard InChI is InChI=1S/C19H18N2O4/c1-4-10-25-16-7-5-6-14(11-16)13-20-21-19(22)17-9-8-15(23-2)12-18(17)24-3/h1,5-9,11-13H,10H2,2-3H3,(H,21,22)/b20-13-. The van der Waals surface area contributed by atoms with Crippen LogP contribution in [0.4, 0.5) is 0 Å². The first-order valence-corrected chi connectivity index (χ1v) is 7.39. The molecule has 2 aromatic carbocycles. The molecule has 128 valence electrons. The predicted molar refractivity (Wildman–Crippen MR) is 95.4 cm³/mol. The molecule has 6 heteroatoms. The first kappa shape index (κ1) is 17.9. The number of methoxy groups -OCH3 is 2. The molecule has 0 atom stereocenters. The van der Waals surface area contributed by atoms with Crippen molar-refractivity contribution in [3.8, 4) is 29.6 Å². The maximum atomic E-state index is 12.2. The summed E-state index contributed by atoms with van der Waals surface area (Å²) in [6.45, 7) is 0.189. The number of carbonyl (C=O) groups is 1. The van der Waals surface area contributed by atoms with Crippen LogP contribution < -0.4 is 19.6 Å². The van der Waals surface area contributed by atoms with Gasteiger partial charge in [-0.05, 0) is 29.8 Å². The Labute approximate surface area is 146 Å². The van der Waals surface area contributed by atoms with Crippen LogP contribution in [0.5, 0.6) is 17.2 Å². The second-order valence-electron chi connectivity index (χ2n) is 4.83. The van der Waals surface area contributed by atoms with Crippen LogP contribution in [0.2, 0.25) is 0 Å². The van der Waals surface area contributed by atoms with Crippen molar-refractivity contribution in [3.05, 3.63) is 53.6 Å². The minimum absolute atomic E-state index is 0.189. The fourth-order valence-electron chi connectivity index (χ4n) is 2.02. The predicted octanol–water partition coefficient (Wildman–Crippen LogP) is 2.48. The molecule has 0 radical (unpaired) electrons. The lowest BCUT2D eigenvalue weighted by Gasteiger charge is -2.08. The van der Waals surface area contributed by atoms with Crippen LogP contribution in [0.15, 0.2) is 47.6 Å². The molecule has 6 nitrogen and oxygen atoms in total. The molecular formula is C19H18N2O4. The van der Waals surface area contributed by atoms with Gasteiger partial charge in [-0.1, -0.05) is 18.1 Å². The number of ether oxygens (including phenoxy) is 3. The average molecular weight is 338 g/mol. The van der Waals surface area contributed by atoms with E-state index in [4.69, 9.17) is 20.6 Å². The van der Waals surface area contributed by atoms with Gasteiger partial charge in [0.15, 0.2) is 0 Å². The summed E-state index contributed by atoms with van der Waals surface area (Å²) >= 11 is 0. The number of rotatable bonds is 7. The highest BCUT2D eigenvalue weighted by Gasteiger charge is 2.12. The van der Waals surface area contributed by atoms with Crippen molar-refractivity contribution in [2.75, 3.05) is 20.8 Å². The van der Waals surface area contributed by atoms with Gasteiger partial charge in [0.25, 0.3) is 5.91 Å². The van der Waals surface area contributed by atoms with Gasteiger partial charge in [0.05, 0.1) is 26.0 Å². The minimum atomic E-state index is -0.393. The first-order chi connectivity index (χ1) is 12.2. The summed E-state index contributed by atoms with van der Waals surface area (Å²) in [5.41, 5.74) is 3.57. The van der Waals surface area contributed by atoms with Gasteiger partial charge in [0, 0.05) is 6.07 Å². The molecule has 0 aliphatic carbocycles. The molecule has 0 aliphatic heterocycles. The Kier molecular flexibility index (Phi) is 6.43. The van der Waals surface area contributed by atoms with Gasteiger partial charge in [0.2, 0.25) is 0 Å². The highest BCUT2D eigenvalue weighted by atomic mass is 16.5. The number of carbonyl (C=O) groups excluding carboxylic acids is 1. The van der Waals surface area contributed by atoms with E-state index in [1.807, 2.05) is 12.1 Å². The number of nitrogens with zero attached hydrogens (tertiary/aromatic N) is 1. The molecule has 1 amide bonds. The third-order valence-electron chi connectivity index (χ3n) is 3.21. The maximum Gasteiger partial charge on any atom is 0.275 e. The molecule has 0 saturated carbocycles. The second kappa shape index (κ2) is 8.99. The lowest BCUT2D eigenvalue weighted by atomic mass is 10.2. The van der Waals surface area contributed by atoms with Crippen LogP contribution in [0.25, 0.3) is 0 Å². The molecule has 0 saturated heterocycles. The van der Waals surface area contributed by atoms with Crippen LogP contribution in [-0.4, -0.2) is 32.9 Å². The molecule has 0 bridgehead atoms. The van der Waals surface area contributed by atoms with E-state index in [9.17, 15) is 4.79 Å². The smallest absolute Gasteiger partial charge is 0.275 e. The van der Waals surface area contributed by atoms with Crippen molar-refractivity contribution >= 4 is 12.1 Å². The number of amides is 1. The van der Waals surface area contributed by atoms with Crippen molar-refractivity contribution in [3.63, 3.8) is 0 Å². The maximum absolute atomic E-state index is 12.2. The number of nitrogens with one attached hydrogen (secondary N) is 1. The number of hydrogen-bond acceptors (Lipinski definition) is 5. The van der Waals surface area contributed by atoms with E-state index in [0.717, 1.165) is 5.56 Å². The molecule has 2 aromatic rings. The molecule has 0 fully saturated rings. The van der Waals surface area contributed by atoms with Gasteiger partial charge in [-0.25, -0.2) is 5.43 Å². The SMILES string of the molecule is C#CCOc1cccc(/C=N\NC(=O)c2ccc(OC)cc2OC)c1. The van der Waals surface area contributed by atoms with Gasteiger partial charge in [-0.15, -0.1) is 6.42 Å². The minimum Gasteiger partial charge on any atom is -0.497 e. The summed E-state index contributed by atoms with van der Waals surface area (Å²) in [7, 11) is 3.02. The monoisotopic (exact) mass is 338 g/mol. The van der Waals surface area contributed by atoms with Crippen LogP contribution in [0, 0.1) is 12.3 Å². The third kappa shape index (κ3) is 5.01. The Morgan fingerprint density at radius 1 is 1.20 bits per heavy atom. The summed E-state index contributed by atoms with van der Waals surface area (Å²) in [5.74, 6) is 3.63. The van der Waals surface area contributed by atoms with Crippen molar-refractivity contribution in [2.45, 2.75) is 0 Å². The fraction of sp³-hybridized carbons (Fsp3) is 0.158. The second-order valence-corrected chi connectivity index (χ2v) is 4.83. The first-order valence-electron chi connectivity index (χ1n) is 7.39. The van der Waals surface area contributed by atoms with Crippen molar-refractivity contribution in [1.82, 2.24) is 5.43 Å². The molecule has 0 aliphatic rings. The van der Waals surface area contributed by atoms with E-state index in [1.54, 1.807) is 37.4 Å². The van der Waals surface area contributed by atoms with Gasteiger partial charge in [-0.2, -0.15) is 5.10 Å². The molecule has 0 aromatic heterocycles. The van der Waals surface area contributed by atoms with E-state index >= 15 is 0 Å². The summed E-state index contributed by atoms with van der Waals surface area (Å²) in [5, 5.41) is 3.95. The molecule has 1 N–H and O–H groups in total. The third-order valence-corrected chi connectivity index (χ3v) is 3.21. The van der Waals surface area contributed by atoms with E-state index in [0.29, 0.717) is 22.8 Å². The lowest BCUT2D eigenvalue weighted by molar-refractivity contribution is 0.0952. The summed E-state index contributed by atoms with van der Waals surface area (Å²) in [6, 6.07) is 12.1. The van der Waals surface area contributed by atoms with Crippen molar-refractivity contribution in [1.29, 1.82) is 0 Å². The Morgan fingerprint density at radius 3 is 2.76 bits per heavy atom. The zero-order valence-electron chi connectivity index (χ0n) is 14.0. The van der Waals surface area contributed by atoms with Crippen LogP contribution in [-0.2, 0) is 0 Å². The summed E-state index contributed by atoms with van der Waals surface area (Å²) in [4.78, 5) is 12.2. The van der Waals surface area contributed by atoms with Crippen molar-refractivity contribution in [2.24, 2.45) is 5.10 Å². The van der Waals surface area contributed by atoms with Crippen LogP contribution >= 0.6 is 0 Å². The Bertz CT molecular complexity index is 809.